The third-order valence-corrected chi connectivity index (χ3v) is 3.19. The van der Waals surface area contributed by atoms with E-state index in [0.717, 1.165) is 11.9 Å². The molecule has 2 aromatic carbocycles. The summed E-state index contributed by atoms with van der Waals surface area (Å²) in [6.45, 7) is 5.93. The molecule has 0 spiro atoms. The van der Waals surface area contributed by atoms with Gasteiger partial charge >= 0.3 is 23.1 Å². The molecular formula is C18H22BrMgN. The van der Waals surface area contributed by atoms with Gasteiger partial charge in [-0.2, -0.15) is 30.7 Å². The fourth-order valence-corrected chi connectivity index (χ4v) is 2.15. The minimum absolute atomic E-state index is 0. The number of hydrogen-bond donors (Lipinski definition) is 1. The molecule has 0 bridgehead atoms. The van der Waals surface area contributed by atoms with E-state index >= 15 is 0 Å². The maximum Gasteiger partial charge on any atom is 2.00 e. The zero-order chi connectivity index (χ0) is 13.5. The number of nitrogens with one attached hydrogen (secondary N) is 1. The quantitative estimate of drug-likeness (QED) is 0.351. The summed E-state index contributed by atoms with van der Waals surface area (Å²) in [5, 5.41) is 2.52. The molecule has 0 unspecified atom stereocenters. The van der Waals surface area contributed by atoms with Crippen molar-refractivity contribution < 1.29 is 0 Å². The van der Waals surface area contributed by atoms with Crippen LogP contribution in [-0.4, -0.2) is 28.0 Å². The Bertz CT molecular complexity index is 579. The van der Waals surface area contributed by atoms with Crippen molar-refractivity contribution in [3.63, 3.8) is 0 Å². The number of halogens is 1. The van der Waals surface area contributed by atoms with Gasteiger partial charge in [-0.05, 0) is 11.5 Å². The van der Waals surface area contributed by atoms with E-state index in [4.69, 9.17) is 0 Å². The van der Waals surface area contributed by atoms with Gasteiger partial charge < -0.3 is 11.9 Å². The van der Waals surface area contributed by atoms with E-state index in [1.807, 2.05) is 18.2 Å². The van der Waals surface area contributed by atoms with Gasteiger partial charge in [-0.15, -0.1) is 22.4 Å². The van der Waals surface area contributed by atoms with Crippen molar-refractivity contribution >= 4 is 61.8 Å². The zero-order valence-electron chi connectivity index (χ0n) is 12.7. The number of fused-ring (bicyclic) bond motifs is 3. The van der Waals surface area contributed by atoms with Gasteiger partial charge in [0.25, 0.3) is 0 Å². The second-order valence-corrected chi connectivity index (χ2v) is 4.69. The molecule has 1 nitrogen and oxygen atoms in total. The average Bonchev–Trinajstić information content (AvgIpc) is 2.84. The van der Waals surface area contributed by atoms with Crippen LogP contribution in [0.3, 0.4) is 0 Å². The van der Waals surface area contributed by atoms with Crippen LogP contribution in [0.15, 0.2) is 42.5 Å². The number of H-pyrrole nitrogens is 1. The van der Waals surface area contributed by atoms with Crippen LogP contribution in [0.4, 0.5) is 0 Å². The zero-order valence-corrected chi connectivity index (χ0v) is 15.8. The van der Waals surface area contributed by atoms with Gasteiger partial charge in [0.15, 0.2) is 0 Å². The summed E-state index contributed by atoms with van der Waals surface area (Å²) >= 11 is 0. The first kappa shape index (κ1) is 20.5. The first-order valence-electron chi connectivity index (χ1n) is 7.03. The fourth-order valence-electron chi connectivity index (χ4n) is 2.15. The number of para-hydroxylation sites is 2. The van der Waals surface area contributed by atoms with Crippen LogP contribution in [-0.2, 0) is 0 Å². The molecule has 21 heavy (non-hydrogen) atoms. The SMILES string of the molecule is Br.[CH2-]CCCCC.[Mg+2].[c-]1cccc2c1[nH]c1ccccc12. The Morgan fingerprint density at radius 2 is 1.76 bits per heavy atom. The van der Waals surface area contributed by atoms with E-state index in [-0.39, 0.29) is 40.0 Å². The summed E-state index contributed by atoms with van der Waals surface area (Å²) in [5.41, 5.74) is 2.27. The Morgan fingerprint density at radius 1 is 1.05 bits per heavy atom. The number of aromatic amines is 1. The van der Waals surface area contributed by atoms with Crippen LogP contribution in [0, 0.1) is 13.0 Å². The van der Waals surface area contributed by atoms with Gasteiger partial charge in [-0.25, -0.2) is 0 Å². The van der Waals surface area contributed by atoms with E-state index in [9.17, 15) is 0 Å². The van der Waals surface area contributed by atoms with Crippen LogP contribution in [0.5, 0.6) is 0 Å². The first-order chi connectivity index (χ1) is 9.36. The van der Waals surface area contributed by atoms with E-state index < -0.39 is 0 Å². The largest absolute Gasteiger partial charge is 2.00 e. The maximum absolute atomic E-state index is 3.72. The smallest absolute Gasteiger partial charge is 0.378 e. The molecule has 0 aliphatic heterocycles. The molecule has 0 amide bonds. The molecule has 0 aliphatic carbocycles. The summed E-state index contributed by atoms with van der Waals surface area (Å²) in [6, 6.07) is 17.6. The summed E-state index contributed by atoms with van der Waals surface area (Å²) < 4.78 is 0. The first-order valence-corrected chi connectivity index (χ1v) is 7.03. The number of benzene rings is 2. The van der Waals surface area contributed by atoms with Gasteiger partial charge in [0.2, 0.25) is 0 Å². The molecular weight excluding hydrogens is 334 g/mol. The van der Waals surface area contributed by atoms with E-state index in [1.54, 1.807) is 0 Å². The Kier molecular flexibility index (Phi) is 10.8. The van der Waals surface area contributed by atoms with Crippen molar-refractivity contribution in [2.24, 2.45) is 0 Å². The number of aromatic nitrogens is 1. The Morgan fingerprint density at radius 3 is 2.43 bits per heavy atom. The third kappa shape index (κ3) is 5.65. The molecule has 0 saturated heterocycles. The van der Waals surface area contributed by atoms with E-state index in [1.165, 1.54) is 35.6 Å². The van der Waals surface area contributed by atoms with Crippen molar-refractivity contribution in [1.29, 1.82) is 0 Å². The van der Waals surface area contributed by atoms with Crippen LogP contribution >= 0.6 is 17.0 Å². The maximum atomic E-state index is 3.72. The molecule has 0 radical (unpaired) electrons. The standard InChI is InChI=1S/C12H8N.C6H13.BrH.Mg/c1-3-7-11-9(5-1)10-6-2-4-8-12(10)13-11;1-3-5-6-4-2;;/h1-7,13H;1,3-6H2,2H3;1H;/q2*-1;;+2. The average molecular weight is 357 g/mol. The second-order valence-electron chi connectivity index (χ2n) is 4.69. The van der Waals surface area contributed by atoms with Crippen molar-refractivity contribution in [2.45, 2.75) is 32.6 Å². The summed E-state index contributed by atoms with van der Waals surface area (Å²) in [4.78, 5) is 3.32. The number of rotatable bonds is 3. The number of hydrogen-bond acceptors (Lipinski definition) is 0. The monoisotopic (exact) mass is 355 g/mol. The molecule has 0 saturated carbocycles. The van der Waals surface area contributed by atoms with Crippen LogP contribution in [0.1, 0.15) is 32.6 Å². The summed E-state index contributed by atoms with van der Waals surface area (Å²) in [7, 11) is 0. The molecule has 0 fully saturated rings. The normalized spacial score (nSPS) is 9.43. The minimum atomic E-state index is 0. The van der Waals surface area contributed by atoms with Crippen LogP contribution in [0.25, 0.3) is 21.8 Å². The van der Waals surface area contributed by atoms with Crippen LogP contribution in [0.2, 0.25) is 0 Å². The molecule has 108 valence electrons. The van der Waals surface area contributed by atoms with Gasteiger partial charge in [0, 0.05) is 5.52 Å². The Balaban J connectivity index is 0.000000442. The van der Waals surface area contributed by atoms with E-state index in [0.29, 0.717) is 0 Å². The molecule has 3 aromatic rings. The molecule has 1 N–H and O–H groups in total. The van der Waals surface area contributed by atoms with Crippen molar-refractivity contribution in [2.75, 3.05) is 0 Å². The predicted octanol–water partition coefficient (Wildman–Crippen LogP) is 5.72. The third-order valence-electron chi connectivity index (χ3n) is 3.19. The minimum Gasteiger partial charge on any atom is -0.378 e. The topological polar surface area (TPSA) is 15.8 Å². The second kappa shape index (κ2) is 11.1. The van der Waals surface area contributed by atoms with Crippen LogP contribution < -0.4 is 0 Å². The summed E-state index contributed by atoms with van der Waals surface area (Å²) in [5.74, 6) is 0. The fraction of sp³-hybridized carbons (Fsp3) is 0.278. The van der Waals surface area contributed by atoms with Gasteiger partial charge in [0.05, 0.1) is 0 Å². The van der Waals surface area contributed by atoms with Crippen molar-refractivity contribution in [3.05, 3.63) is 55.5 Å². The Hall–Kier alpha value is -0.514. The molecule has 3 rings (SSSR count). The van der Waals surface area contributed by atoms with Crippen molar-refractivity contribution in [3.8, 4) is 0 Å². The Labute approximate surface area is 154 Å². The van der Waals surface area contributed by atoms with Gasteiger partial charge in [-0.1, -0.05) is 49.9 Å². The molecule has 3 heteroatoms. The molecule has 1 heterocycles. The summed E-state index contributed by atoms with van der Waals surface area (Å²) in [6.07, 6.45) is 5.07. The predicted molar refractivity (Wildman–Crippen MR) is 100 cm³/mol. The number of unbranched alkanes of at least 4 members (excludes halogenated alkanes) is 3. The molecule has 0 atom stereocenters. The van der Waals surface area contributed by atoms with Gasteiger partial charge in [0.1, 0.15) is 0 Å². The van der Waals surface area contributed by atoms with Gasteiger partial charge in [-0.3, -0.25) is 0 Å². The van der Waals surface area contributed by atoms with Crippen molar-refractivity contribution in [1.82, 2.24) is 4.98 Å². The molecule has 0 aliphatic rings. The molecule has 1 aromatic heterocycles. The van der Waals surface area contributed by atoms with E-state index in [2.05, 4.69) is 49.2 Å².